The molecule has 70 valence electrons. The predicted octanol–water partition coefficient (Wildman–Crippen LogP) is 0.363. The molecule has 1 aliphatic heterocycles. The third-order valence-corrected chi connectivity index (χ3v) is 1.61. The van der Waals surface area contributed by atoms with Gasteiger partial charge in [-0.2, -0.15) is 0 Å². The summed E-state index contributed by atoms with van der Waals surface area (Å²) in [5, 5.41) is 9.18. The molecule has 0 amide bonds. The second-order valence-electron chi connectivity index (χ2n) is 2.64. The normalized spacial score (nSPS) is 17.1. The lowest BCUT2D eigenvalue weighted by Crippen LogP contribution is -2.22. The molecule has 1 N–H and O–H groups in total. The minimum absolute atomic E-state index is 0.0501. The van der Waals surface area contributed by atoms with Gasteiger partial charge >= 0.3 is 5.97 Å². The third-order valence-electron chi connectivity index (χ3n) is 1.61. The molecule has 1 aliphatic rings. The van der Waals surface area contributed by atoms with Crippen molar-refractivity contribution in [1.29, 1.82) is 0 Å². The summed E-state index contributed by atoms with van der Waals surface area (Å²) in [5.74, 6) is -1.86. The Balaban J connectivity index is 3.11. The van der Waals surface area contributed by atoms with E-state index in [1.165, 1.54) is 0 Å². The van der Waals surface area contributed by atoms with Crippen molar-refractivity contribution in [2.75, 3.05) is 7.11 Å². The van der Waals surface area contributed by atoms with Crippen LogP contribution in [0, 0.1) is 0 Å². The summed E-state index contributed by atoms with van der Waals surface area (Å²) in [6.45, 7) is 1.60. The largest absolute Gasteiger partial charge is 0.493 e. The molecule has 0 aromatic carbocycles. The Labute approximate surface area is 74.7 Å². The Morgan fingerprint density at radius 1 is 1.62 bits per heavy atom. The summed E-state index contributed by atoms with van der Waals surface area (Å²) >= 11 is 0. The highest BCUT2D eigenvalue weighted by molar-refractivity contribution is 6.24. The summed E-state index contributed by atoms with van der Waals surface area (Å²) in [7, 11) is 1.14. The van der Waals surface area contributed by atoms with Gasteiger partial charge in [-0.15, -0.1) is 0 Å². The molecule has 0 aliphatic carbocycles. The van der Waals surface area contributed by atoms with Gasteiger partial charge in [-0.1, -0.05) is 0 Å². The van der Waals surface area contributed by atoms with Crippen molar-refractivity contribution in [1.82, 2.24) is 0 Å². The summed E-state index contributed by atoms with van der Waals surface area (Å²) in [5.41, 5.74) is 0.114. The summed E-state index contributed by atoms with van der Waals surface area (Å²) in [4.78, 5) is 25.8. The van der Waals surface area contributed by atoms with Crippen LogP contribution in [0.15, 0.2) is 16.4 Å². The van der Waals surface area contributed by atoms with E-state index >= 15 is 0 Å². The van der Waals surface area contributed by atoms with Crippen LogP contribution in [0.1, 0.15) is 13.3 Å². The number of aliphatic hydroxyl groups excluding tert-OH is 1. The van der Waals surface area contributed by atoms with Crippen molar-refractivity contribution in [3.8, 4) is 0 Å². The van der Waals surface area contributed by atoms with Gasteiger partial charge in [0.05, 0.1) is 7.11 Å². The molecule has 13 heavy (non-hydrogen) atoms. The van der Waals surface area contributed by atoms with Gasteiger partial charge in [-0.3, -0.25) is 4.79 Å². The first-order valence-corrected chi connectivity index (χ1v) is 3.65. The van der Waals surface area contributed by atoms with Gasteiger partial charge in [-0.25, -0.2) is 9.79 Å². The topological polar surface area (TPSA) is 76.0 Å². The average molecular weight is 183 g/mol. The second-order valence-corrected chi connectivity index (χ2v) is 2.64. The molecule has 0 unspecified atom stereocenters. The standard InChI is InChI=1S/C8H9NO4/c1-4-3-5(10)6(7(11)9-4)8(12)13-2/h11H,3H2,1-2H3. The predicted molar refractivity (Wildman–Crippen MR) is 44.4 cm³/mol. The van der Waals surface area contributed by atoms with Gasteiger partial charge in [0.2, 0.25) is 5.88 Å². The Morgan fingerprint density at radius 3 is 2.69 bits per heavy atom. The SMILES string of the molecule is COC(=O)C1=C(O)N=C(C)CC1=O. The van der Waals surface area contributed by atoms with E-state index in [9.17, 15) is 14.7 Å². The van der Waals surface area contributed by atoms with Gasteiger partial charge in [0.15, 0.2) is 11.4 Å². The lowest BCUT2D eigenvalue weighted by molar-refractivity contribution is -0.138. The van der Waals surface area contributed by atoms with Gasteiger partial charge in [0.1, 0.15) is 0 Å². The molecular weight excluding hydrogens is 174 g/mol. The Kier molecular flexibility index (Phi) is 2.46. The zero-order valence-electron chi connectivity index (χ0n) is 7.33. The maximum Gasteiger partial charge on any atom is 0.347 e. The smallest absolute Gasteiger partial charge is 0.347 e. The number of hydrogen-bond acceptors (Lipinski definition) is 5. The van der Waals surface area contributed by atoms with Crippen LogP contribution in [0.2, 0.25) is 0 Å². The number of aliphatic hydroxyl groups is 1. The third kappa shape index (κ3) is 1.74. The molecule has 1 rings (SSSR count). The first-order chi connectivity index (χ1) is 6.06. The fourth-order valence-electron chi connectivity index (χ4n) is 1.03. The van der Waals surface area contributed by atoms with Crippen molar-refractivity contribution in [3.63, 3.8) is 0 Å². The molecular formula is C8H9NO4. The van der Waals surface area contributed by atoms with E-state index < -0.39 is 17.6 Å². The van der Waals surface area contributed by atoms with Gasteiger partial charge in [-0.05, 0) is 6.92 Å². The molecule has 5 heteroatoms. The number of carbonyl (C=O) groups is 2. The zero-order chi connectivity index (χ0) is 10.0. The highest BCUT2D eigenvalue weighted by Gasteiger charge is 2.27. The van der Waals surface area contributed by atoms with Crippen molar-refractivity contribution in [2.24, 2.45) is 4.99 Å². The van der Waals surface area contributed by atoms with Crippen LogP contribution in [0.3, 0.4) is 0 Å². The van der Waals surface area contributed by atoms with Crippen molar-refractivity contribution in [3.05, 3.63) is 11.5 Å². The number of hydrogen-bond donors (Lipinski definition) is 1. The molecule has 0 bridgehead atoms. The number of ketones is 1. The van der Waals surface area contributed by atoms with E-state index in [1.807, 2.05) is 0 Å². The van der Waals surface area contributed by atoms with E-state index in [4.69, 9.17) is 0 Å². The maximum atomic E-state index is 11.2. The minimum Gasteiger partial charge on any atom is -0.493 e. The molecule has 0 fully saturated rings. The van der Waals surface area contributed by atoms with E-state index in [1.54, 1.807) is 6.92 Å². The van der Waals surface area contributed by atoms with Crippen molar-refractivity contribution < 1.29 is 19.4 Å². The molecule has 5 nitrogen and oxygen atoms in total. The number of rotatable bonds is 1. The minimum atomic E-state index is -0.848. The number of nitrogens with zero attached hydrogens (tertiary/aromatic N) is 1. The number of aliphatic imine (C=N–C) groups is 1. The quantitative estimate of drug-likeness (QED) is 0.470. The number of ether oxygens (including phenoxy) is 1. The Hall–Kier alpha value is -1.65. The van der Waals surface area contributed by atoms with Gasteiger partial charge in [0, 0.05) is 12.1 Å². The van der Waals surface area contributed by atoms with E-state index in [0.29, 0.717) is 5.71 Å². The highest BCUT2D eigenvalue weighted by atomic mass is 16.5. The van der Waals surface area contributed by atoms with Crippen LogP contribution >= 0.6 is 0 Å². The molecule has 0 spiro atoms. The summed E-state index contributed by atoms with van der Waals surface area (Å²) < 4.78 is 4.32. The van der Waals surface area contributed by atoms with E-state index in [0.717, 1.165) is 7.11 Å². The van der Waals surface area contributed by atoms with Crippen molar-refractivity contribution >= 4 is 17.5 Å². The zero-order valence-corrected chi connectivity index (χ0v) is 7.33. The van der Waals surface area contributed by atoms with Gasteiger partial charge < -0.3 is 9.84 Å². The maximum absolute atomic E-state index is 11.2. The molecule has 0 radical (unpaired) electrons. The van der Waals surface area contributed by atoms with Gasteiger partial charge in [0.25, 0.3) is 0 Å². The van der Waals surface area contributed by atoms with Crippen LogP contribution in [0.4, 0.5) is 0 Å². The lowest BCUT2D eigenvalue weighted by atomic mass is 10.0. The van der Waals surface area contributed by atoms with Crippen LogP contribution in [-0.2, 0) is 14.3 Å². The molecule has 0 aromatic heterocycles. The average Bonchev–Trinajstić information content (AvgIpc) is 2.02. The lowest BCUT2D eigenvalue weighted by Gasteiger charge is -2.10. The Bertz CT molecular complexity index is 317. The van der Waals surface area contributed by atoms with Crippen LogP contribution in [0.25, 0.3) is 0 Å². The first-order valence-electron chi connectivity index (χ1n) is 3.65. The van der Waals surface area contributed by atoms with Crippen LogP contribution in [-0.4, -0.2) is 29.7 Å². The summed E-state index contributed by atoms with van der Waals surface area (Å²) in [6.07, 6.45) is 0.0501. The monoisotopic (exact) mass is 183 g/mol. The fraction of sp³-hybridized carbons (Fsp3) is 0.375. The fourth-order valence-corrected chi connectivity index (χ4v) is 1.03. The number of carbonyl (C=O) groups excluding carboxylic acids is 2. The highest BCUT2D eigenvalue weighted by Crippen LogP contribution is 2.15. The number of methoxy groups -OCH3 is 1. The molecule has 0 atom stereocenters. The Morgan fingerprint density at radius 2 is 2.23 bits per heavy atom. The molecule has 0 saturated carbocycles. The second kappa shape index (κ2) is 3.38. The molecule has 1 heterocycles. The first kappa shape index (κ1) is 9.44. The van der Waals surface area contributed by atoms with Crippen LogP contribution < -0.4 is 0 Å². The van der Waals surface area contributed by atoms with E-state index in [-0.39, 0.29) is 12.0 Å². The number of Topliss-reactive ketones (excluding diaryl/α,β-unsaturated/α-hetero) is 1. The van der Waals surface area contributed by atoms with E-state index in [2.05, 4.69) is 9.73 Å². The molecule has 0 saturated heterocycles. The summed E-state index contributed by atoms with van der Waals surface area (Å²) in [6, 6.07) is 0. The number of esters is 1. The van der Waals surface area contributed by atoms with Crippen molar-refractivity contribution in [2.45, 2.75) is 13.3 Å². The molecule has 0 aromatic rings. The van der Waals surface area contributed by atoms with Crippen LogP contribution in [0.5, 0.6) is 0 Å².